The smallest absolute Gasteiger partial charge is 0.254 e. The predicted molar refractivity (Wildman–Crippen MR) is 123 cm³/mol. The summed E-state index contributed by atoms with van der Waals surface area (Å²) in [6.45, 7) is 11.8. The number of hydrogen-bond donors (Lipinski definition) is 1. The topological polar surface area (TPSA) is 71.0 Å². The Bertz CT molecular complexity index is 1100. The lowest BCUT2D eigenvalue weighted by atomic mass is 9.90. The van der Waals surface area contributed by atoms with Gasteiger partial charge in [-0.2, -0.15) is 0 Å². The number of carbonyl (C=O) groups excluding carboxylic acids is 1. The molecule has 160 valence electrons. The third kappa shape index (κ3) is 4.15. The van der Waals surface area contributed by atoms with E-state index < -0.39 is 0 Å². The molecular formula is C25H29N5O. The first-order valence-corrected chi connectivity index (χ1v) is 10.7. The summed E-state index contributed by atoms with van der Waals surface area (Å²) in [5, 5.41) is 3.45. The fourth-order valence-electron chi connectivity index (χ4n) is 3.80. The van der Waals surface area contributed by atoms with Gasteiger partial charge in [-0.1, -0.05) is 26.8 Å². The molecule has 0 radical (unpaired) electrons. The molecule has 1 aliphatic rings. The fourth-order valence-corrected chi connectivity index (χ4v) is 3.80. The van der Waals surface area contributed by atoms with Crippen molar-refractivity contribution in [3.8, 4) is 11.1 Å². The maximum absolute atomic E-state index is 12.4. The largest absolute Gasteiger partial charge is 0.362 e. The van der Waals surface area contributed by atoms with E-state index >= 15 is 0 Å². The number of nitrogens with zero attached hydrogens (tertiary/aromatic N) is 4. The number of amides is 1. The van der Waals surface area contributed by atoms with Gasteiger partial charge in [0, 0.05) is 52.9 Å². The number of carbonyl (C=O) groups is 1. The SMILES string of the molecule is CCN1Cc2c(ccnc2N[C@@H](C)c2ccc(-c3ccnc(C(C)(C)C)c3)cn2)C1=O. The van der Waals surface area contributed by atoms with Crippen LogP contribution in [-0.2, 0) is 12.0 Å². The monoisotopic (exact) mass is 415 g/mol. The fraction of sp³-hybridized carbons (Fsp3) is 0.360. The van der Waals surface area contributed by atoms with Gasteiger partial charge >= 0.3 is 0 Å². The minimum Gasteiger partial charge on any atom is -0.362 e. The van der Waals surface area contributed by atoms with E-state index in [1.165, 1.54) is 0 Å². The normalized spacial score (nSPS) is 14.5. The van der Waals surface area contributed by atoms with E-state index in [1.807, 2.05) is 36.4 Å². The van der Waals surface area contributed by atoms with Crippen LogP contribution >= 0.6 is 0 Å². The van der Waals surface area contributed by atoms with Crippen molar-refractivity contribution in [3.05, 3.63) is 71.4 Å². The van der Waals surface area contributed by atoms with Crippen LogP contribution in [0.4, 0.5) is 5.82 Å². The average Bonchev–Trinajstić information content (AvgIpc) is 3.10. The summed E-state index contributed by atoms with van der Waals surface area (Å²) in [6.07, 6.45) is 5.45. The third-order valence-electron chi connectivity index (χ3n) is 5.75. The van der Waals surface area contributed by atoms with Crippen molar-refractivity contribution in [2.75, 3.05) is 11.9 Å². The van der Waals surface area contributed by atoms with Crippen molar-refractivity contribution >= 4 is 11.7 Å². The van der Waals surface area contributed by atoms with Gasteiger partial charge in [0.15, 0.2) is 0 Å². The zero-order valence-corrected chi connectivity index (χ0v) is 18.8. The van der Waals surface area contributed by atoms with Crippen LogP contribution in [0.25, 0.3) is 11.1 Å². The molecule has 4 heterocycles. The maximum Gasteiger partial charge on any atom is 0.254 e. The van der Waals surface area contributed by atoms with Crippen molar-refractivity contribution in [2.24, 2.45) is 0 Å². The Labute approximate surface area is 183 Å². The molecule has 0 aromatic carbocycles. The highest BCUT2D eigenvalue weighted by molar-refractivity contribution is 5.99. The minimum atomic E-state index is -0.0404. The lowest BCUT2D eigenvalue weighted by molar-refractivity contribution is 0.0787. The summed E-state index contributed by atoms with van der Waals surface area (Å²) in [5.74, 6) is 0.828. The van der Waals surface area contributed by atoms with E-state index in [4.69, 9.17) is 4.98 Å². The van der Waals surface area contributed by atoms with Crippen molar-refractivity contribution in [3.63, 3.8) is 0 Å². The van der Waals surface area contributed by atoms with Gasteiger partial charge in [-0.05, 0) is 43.7 Å². The molecule has 0 saturated heterocycles. The molecule has 0 spiro atoms. The highest BCUT2D eigenvalue weighted by Gasteiger charge is 2.29. The van der Waals surface area contributed by atoms with Crippen molar-refractivity contribution < 1.29 is 4.79 Å². The molecule has 0 unspecified atom stereocenters. The first-order valence-electron chi connectivity index (χ1n) is 10.7. The predicted octanol–water partition coefficient (Wildman–Crippen LogP) is 4.98. The van der Waals surface area contributed by atoms with Gasteiger partial charge in [-0.3, -0.25) is 14.8 Å². The molecule has 1 aliphatic heterocycles. The van der Waals surface area contributed by atoms with Gasteiger partial charge in [0.25, 0.3) is 5.91 Å². The molecular weight excluding hydrogens is 386 g/mol. The number of fused-ring (bicyclic) bond motifs is 1. The quantitative estimate of drug-likeness (QED) is 0.636. The average molecular weight is 416 g/mol. The lowest BCUT2D eigenvalue weighted by Gasteiger charge is -2.19. The highest BCUT2D eigenvalue weighted by atomic mass is 16.2. The van der Waals surface area contributed by atoms with Crippen molar-refractivity contribution in [1.29, 1.82) is 0 Å². The number of aromatic nitrogens is 3. The molecule has 1 atom stereocenters. The molecule has 3 aromatic rings. The van der Waals surface area contributed by atoms with Crippen LogP contribution in [0.2, 0.25) is 0 Å². The second kappa shape index (κ2) is 8.10. The molecule has 1 N–H and O–H groups in total. The number of pyridine rings is 3. The molecule has 0 saturated carbocycles. The van der Waals surface area contributed by atoms with Gasteiger partial charge in [0.1, 0.15) is 5.82 Å². The molecule has 31 heavy (non-hydrogen) atoms. The molecule has 6 heteroatoms. The molecule has 0 fully saturated rings. The standard InChI is InChI=1S/C25H29N5O/c1-6-30-15-20-19(24(30)31)10-12-27-23(20)29-16(2)21-8-7-18(14-28-21)17-9-11-26-22(13-17)25(3,4)5/h7-14,16H,6,15H2,1-5H3,(H,27,29)/t16-/m0/s1. The molecule has 3 aromatic heterocycles. The maximum atomic E-state index is 12.4. The van der Waals surface area contributed by atoms with Gasteiger partial charge < -0.3 is 10.2 Å². The summed E-state index contributed by atoms with van der Waals surface area (Å²) in [5.41, 5.74) is 5.85. The van der Waals surface area contributed by atoms with Gasteiger partial charge in [-0.15, -0.1) is 0 Å². The van der Waals surface area contributed by atoms with Crippen LogP contribution in [0.15, 0.2) is 48.9 Å². The highest BCUT2D eigenvalue weighted by Crippen LogP contribution is 2.30. The number of rotatable bonds is 5. The third-order valence-corrected chi connectivity index (χ3v) is 5.75. The van der Waals surface area contributed by atoms with Crippen LogP contribution in [0, 0.1) is 0 Å². The molecule has 0 bridgehead atoms. The Hall–Kier alpha value is -3.28. The van der Waals surface area contributed by atoms with Crippen LogP contribution in [0.3, 0.4) is 0 Å². The van der Waals surface area contributed by atoms with E-state index in [1.54, 1.807) is 12.3 Å². The zero-order valence-electron chi connectivity index (χ0n) is 18.8. The first-order chi connectivity index (χ1) is 14.8. The molecule has 1 amide bonds. The summed E-state index contributed by atoms with van der Waals surface area (Å²) >= 11 is 0. The van der Waals surface area contributed by atoms with Gasteiger partial charge in [0.05, 0.1) is 18.3 Å². The van der Waals surface area contributed by atoms with Crippen molar-refractivity contribution in [2.45, 2.75) is 52.6 Å². The van der Waals surface area contributed by atoms with Gasteiger partial charge in [-0.25, -0.2) is 4.98 Å². The Morgan fingerprint density at radius 3 is 2.52 bits per heavy atom. The Balaban J connectivity index is 1.53. The van der Waals surface area contributed by atoms with E-state index in [9.17, 15) is 4.79 Å². The summed E-state index contributed by atoms with van der Waals surface area (Å²) < 4.78 is 0. The van der Waals surface area contributed by atoms with Crippen LogP contribution in [0.1, 0.15) is 68.0 Å². The van der Waals surface area contributed by atoms with E-state index in [-0.39, 0.29) is 17.4 Å². The second-order valence-corrected chi connectivity index (χ2v) is 9.02. The minimum absolute atomic E-state index is 0.000502. The lowest BCUT2D eigenvalue weighted by Crippen LogP contribution is -2.22. The Morgan fingerprint density at radius 2 is 1.84 bits per heavy atom. The van der Waals surface area contributed by atoms with E-state index in [0.717, 1.165) is 39.5 Å². The molecule has 6 nitrogen and oxygen atoms in total. The summed E-state index contributed by atoms with van der Waals surface area (Å²) in [7, 11) is 0. The number of hydrogen-bond acceptors (Lipinski definition) is 5. The number of nitrogens with one attached hydrogen (secondary N) is 1. The van der Waals surface area contributed by atoms with Crippen LogP contribution < -0.4 is 5.32 Å². The molecule has 4 rings (SSSR count). The first kappa shape index (κ1) is 21.0. The Morgan fingerprint density at radius 1 is 1.06 bits per heavy atom. The van der Waals surface area contributed by atoms with E-state index in [2.05, 4.69) is 55.1 Å². The second-order valence-electron chi connectivity index (χ2n) is 9.02. The zero-order chi connectivity index (χ0) is 22.2. The Kier molecular flexibility index (Phi) is 5.48. The van der Waals surface area contributed by atoms with Crippen LogP contribution in [-0.4, -0.2) is 32.3 Å². The van der Waals surface area contributed by atoms with E-state index in [0.29, 0.717) is 13.1 Å². The van der Waals surface area contributed by atoms with Gasteiger partial charge in [0.2, 0.25) is 0 Å². The molecule has 0 aliphatic carbocycles. The number of anilines is 1. The summed E-state index contributed by atoms with van der Waals surface area (Å²) in [6, 6.07) is 10.0. The van der Waals surface area contributed by atoms with Crippen LogP contribution in [0.5, 0.6) is 0 Å². The summed E-state index contributed by atoms with van der Waals surface area (Å²) in [4.78, 5) is 28.0. The van der Waals surface area contributed by atoms with Crippen molar-refractivity contribution in [1.82, 2.24) is 19.9 Å².